The fraction of sp³-hybridized carbons (Fsp3) is 0.538. The van der Waals surface area contributed by atoms with E-state index in [-0.39, 0.29) is 17.8 Å². The zero-order chi connectivity index (χ0) is 13.2. The van der Waals surface area contributed by atoms with E-state index in [1.165, 1.54) is 0 Å². The van der Waals surface area contributed by atoms with Crippen molar-refractivity contribution >= 4 is 10.0 Å². The molecule has 1 aliphatic heterocycles. The second-order valence-corrected chi connectivity index (χ2v) is 7.00. The zero-order valence-corrected chi connectivity index (χ0v) is 11.7. The van der Waals surface area contributed by atoms with E-state index in [2.05, 4.69) is 5.32 Å². The molecule has 0 amide bonds. The molecule has 0 radical (unpaired) electrons. The molecule has 0 saturated carbocycles. The number of sulfonamides is 1. The molecule has 1 saturated heterocycles. The predicted molar refractivity (Wildman–Crippen MR) is 72.7 cm³/mol. The van der Waals surface area contributed by atoms with Crippen molar-refractivity contribution in [2.75, 3.05) is 13.1 Å². The van der Waals surface area contributed by atoms with Gasteiger partial charge in [-0.15, -0.1) is 0 Å². The van der Waals surface area contributed by atoms with Gasteiger partial charge in [0.1, 0.15) is 0 Å². The predicted octanol–water partition coefficient (Wildman–Crippen LogP) is 1.20. The Kier molecular flexibility index (Phi) is 4.04. The van der Waals surface area contributed by atoms with Crippen molar-refractivity contribution in [3.05, 3.63) is 35.9 Å². The Morgan fingerprint density at radius 3 is 2.28 bits per heavy atom. The van der Waals surface area contributed by atoms with Crippen LogP contribution in [0.1, 0.15) is 19.4 Å². The Bertz CT molecular complexity index is 477. The molecule has 1 aromatic carbocycles. The number of nitrogens with one attached hydrogen (secondary N) is 1. The maximum atomic E-state index is 12.3. The van der Waals surface area contributed by atoms with Gasteiger partial charge in [-0.05, 0) is 19.4 Å². The number of benzene rings is 1. The summed E-state index contributed by atoms with van der Waals surface area (Å²) in [6.07, 6.45) is 0. The summed E-state index contributed by atoms with van der Waals surface area (Å²) in [6, 6.07) is 9.75. The Labute approximate surface area is 109 Å². The molecule has 1 aromatic rings. The van der Waals surface area contributed by atoms with E-state index >= 15 is 0 Å². The Balaban J connectivity index is 2.11. The van der Waals surface area contributed by atoms with Crippen molar-refractivity contribution in [2.45, 2.75) is 31.7 Å². The first-order chi connectivity index (χ1) is 8.47. The van der Waals surface area contributed by atoms with E-state index in [0.29, 0.717) is 13.1 Å². The molecule has 100 valence electrons. The molecule has 18 heavy (non-hydrogen) atoms. The largest absolute Gasteiger partial charge is 0.309 e. The quantitative estimate of drug-likeness (QED) is 0.896. The lowest BCUT2D eigenvalue weighted by Crippen LogP contribution is -2.55. The second kappa shape index (κ2) is 5.38. The van der Waals surface area contributed by atoms with E-state index in [9.17, 15) is 8.42 Å². The van der Waals surface area contributed by atoms with Crippen LogP contribution in [0.4, 0.5) is 0 Å². The molecule has 1 aliphatic rings. The normalized spacial score (nSPS) is 26.1. The first-order valence-corrected chi connectivity index (χ1v) is 7.86. The van der Waals surface area contributed by atoms with Gasteiger partial charge in [-0.2, -0.15) is 4.31 Å². The molecule has 0 aliphatic carbocycles. The topological polar surface area (TPSA) is 49.4 Å². The van der Waals surface area contributed by atoms with Gasteiger partial charge in [-0.3, -0.25) is 0 Å². The fourth-order valence-corrected chi connectivity index (χ4v) is 4.08. The Hall–Kier alpha value is -0.910. The van der Waals surface area contributed by atoms with Crippen LogP contribution in [-0.2, 0) is 15.8 Å². The van der Waals surface area contributed by atoms with E-state index in [1.54, 1.807) is 4.31 Å². The van der Waals surface area contributed by atoms with Crippen LogP contribution in [0.15, 0.2) is 30.3 Å². The van der Waals surface area contributed by atoms with Crippen molar-refractivity contribution in [1.82, 2.24) is 9.62 Å². The summed E-state index contributed by atoms with van der Waals surface area (Å²) in [5.41, 5.74) is 0.844. The highest BCUT2D eigenvalue weighted by Crippen LogP contribution is 2.14. The lowest BCUT2D eigenvalue weighted by atomic mass is 10.2. The lowest BCUT2D eigenvalue weighted by Gasteiger charge is -2.35. The summed E-state index contributed by atoms with van der Waals surface area (Å²) in [5.74, 6) is 0.0906. The first-order valence-electron chi connectivity index (χ1n) is 6.25. The monoisotopic (exact) mass is 268 g/mol. The summed E-state index contributed by atoms with van der Waals surface area (Å²) < 4.78 is 26.3. The molecule has 0 bridgehead atoms. The van der Waals surface area contributed by atoms with Gasteiger partial charge in [0.15, 0.2) is 0 Å². The summed E-state index contributed by atoms with van der Waals surface area (Å²) in [5, 5.41) is 3.34. The average Bonchev–Trinajstić information content (AvgIpc) is 2.28. The summed E-state index contributed by atoms with van der Waals surface area (Å²) in [4.78, 5) is 0. The van der Waals surface area contributed by atoms with Crippen LogP contribution in [0.25, 0.3) is 0 Å². The van der Waals surface area contributed by atoms with Gasteiger partial charge in [0.05, 0.1) is 5.75 Å². The summed E-state index contributed by atoms with van der Waals surface area (Å²) in [7, 11) is -3.21. The molecule has 0 spiro atoms. The number of hydrogen-bond acceptors (Lipinski definition) is 3. The van der Waals surface area contributed by atoms with Gasteiger partial charge in [-0.25, -0.2) is 8.42 Å². The minimum Gasteiger partial charge on any atom is -0.309 e. The smallest absolute Gasteiger partial charge is 0.218 e. The molecular formula is C13H20N2O2S. The molecule has 0 aromatic heterocycles. The molecule has 2 atom stereocenters. The van der Waals surface area contributed by atoms with E-state index in [4.69, 9.17) is 0 Å². The SMILES string of the molecule is CC1CN(S(=O)(=O)Cc2ccccc2)CC(C)N1. The molecule has 2 unspecified atom stereocenters. The van der Waals surface area contributed by atoms with E-state index < -0.39 is 10.0 Å². The van der Waals surface area contributed by atoms with Gasteiger partial charge < -0.3 is 5.32 Å². The first kappa shape index (κ1) is 13.5. The standard InChI is InChI=1S/C13H20N2O2S/c1-11-8-15(9-12(2)14-11)18(16,17)10-13-6-4-3-5-7-13/h3-7,11-12,14H,8-10H2,1-2H3. The van der Waals surface area contributed by atoms with E-state index in [0.717, 1.165) is 5.56 Å². The van der Waals surface area contributed by atoms with Crippen LogP contribution in [0.5, 0.6) is 0 Å². The second-order valence-electron chi connectivity index (χ2n) is 5.03. The maximum absolute atomic E-state index is 12.3. The zero-order valence-electron chi connectivity index (χ0n) is 10.8. The van der Waals surface area contributed by atoms with Crippen molar-refractivity contribution < 1.29 is 8.42 Å². The van der Waals surface area contributed by atoms with Gasteiger partial charge in [0.2, 0.25) is 10.0 Å². The highest BCUT2D eigenvalue weighted by Gasteiger charge is 2.29. The van der Waals surface area contributed by atoms with Crippen LogP contribution in [0.2, 0.25) is 0 Å². The van der Waals surface area contributed by atoms with E-state index in [1.807, 2.05) is 44.2 Å². The van der Waals surface area contributed by atoms with Crippen molar-refractivity contribution in [2.24, 2.45) is 0 Å². The third-order valence-electron chi connectivity index (χ3n) is 3.11. The van der Waals surface area contributed by atoms with Crippen LogP contribution in [-0.4, -0.2) is 37.9 Å². The van der Waals surface area contributed by atoms with Crippen molar-refractivity contribution in [1.29, 1.82) is 0 Å². The summed E-state index contributed by atoms with van der Waals surface area (Å²) >= 11 is 0. The molecular weight excluding hydrogens is 248 g/mol. The van der Waals surface area contributed by atoms with Crippen LogP contribution >= 0.6 is 0 Å². The Morgan fingerprint density at radius 2 is 1.72 bits per heavy atom. The number of hydrogen-bond donors (Lipinski definition) is 1. The molecule has 4 nitrogen and oxygen atoms in total. The molecule has 5 heteroatoms. The van der Waals surface area contributed by atoms with Crippen LogP contribution in [0.3, 0.4) is 0 Å². The van der Waals surface area contributed by atoms with Crippen molar-refractivity contribution in [3.63, 3.8) is 0 Å². The van der Waals surface area contributed by atoms with Gasteiger partial charge in [0, 0.05) is 25.2 Å². The van der Waals surface area contributed by atoms with Crippen molar-refractivity contribution in [3.8, 4) is 0 Å². The minimum absolute atomic E-state index is 0.0906. The molecule has 1 N–H and O–H groups in total. The number of piperazine rings is 1. The van der Waals surface area contributed by atoms with Crippen LogP contribution in [0, 0.1) is 0 Å². The summed E-state index contributed by atoms with van der Waals surface area (Å²) in [6.45, 7) is 5.14. The van der Waals surface area contributed by atoms with Gasteiger partial charge in [-0.1, -0.05) is 30.3 Å². The highest BCUT2D eigenvalue weighted by atomic mass is 32.2. The Morgan fingerprint density at radius 1 is 1.17 bits per heavy atom. The number of rotatable bonds is 3. The maximum Gasteiger partial charge on any atom is 0.218 e. The number of nitrogens with zero attached hydrogens (tertiary/aromatic N) is 1. The lowest BCUT2D eigenvalue weighted by molar-refractivity contribution is 0.262. The molecule has 1 heterocycles. The fourth-order valence-electron chi connectivity index (χ4n) is 2.38. The van der Waals surface area contributed by atoms with Gasteiger partial charge in [0.25, 0.3) is 0 Å². The third-order valence-corrected chi connectivity index (χ3v) is 4.89. The molecule has 2 rings (SSSR count). The van der Waals surface area contributed by atoms with Gasteiger partial charge >= 0.3 is 0 Å². The third kappa shape index (κ3) is 3.31. The molecule has 1 fully saturated rings. The minimum atomic E-state index is -3.21. The highest BCUT2D eigenvalue weighted by molar-refractivity contribution is 7.88. The average molecular weight is 268 g/mol. The van der Waals surface area contributed by atoms with Crippen LogP contribution < -0.4 is 5.32 Å².